The first-order chi connectivity index (χ1) is 10.7. The largest absolute Gasteiger partial charge is 0.478 e. The van der Waals surface area contributed by atoms with E-state index in [0.717, 1.165) is 0 Å². The van der Waals surface area contributed by atoms with E-state index >= 15 is 0 Å². The molecule has 1 aliphatic heterocycles. The molecule has 1 aliphatic rings. The third kappa shape index (κ3) is 2.80. The van der Waals surface area contributed by atoms with Crippen LogP contribution < -0.4 is 9.64 Å². The van der Waals surface area contributed by atoms with E-state index in [1.807, 2.05) is 12.1 Å². The molecule has 3 rings (SSSR count). The molecule has 1 amide bonds. The molecule has 0 aromatic heterocycles. The summed E-state index contributed by atoms with van der Waals surface area (Å²) in [5.74, 6) is 0.0346. The summed E-state index contributed by atoms with van der Waals surface area (Å²) in [6.07, 6.45) is -0.485. The minimum atomic E-state index is -0.714. The molecule has 0 spiro atoms. The van der Waals surface area contributed by atoms with Gasteiger partial charge in [0.25, 0.3) is 5.91 Å². The highest BCUT2D eigenvalue weighted by Crippen LogP contribution is 2.35. The Morgan fingerprint density at radius 1 is 1.18 bits per heavy atom. The summed E-state index contributed by atoms with van der Waals surface area (Å²) in [5.41, 5.74) is 1.36. The summed E-state index contributed by atoms with van der Waals surface area (Å²) in [4.78, 5) is 14.1. The van der Waals surface area contributed by atoms with Gasteiger partial charge in [-0.25, -0.2) is 4.39 Å². The average molecular weight is 301 g/mol. The van der Waals surface area contributed by atoms with Gasteiger partial charge in [-0.05, 0) is 29.8 Å². The van der Waals surface area contributed by atoms with Gasteiger partial charge in [0, 0.05) is 13.0 Å². The van der Waals surface area contributed by atoms with Gasteiger partial charge in [0.15, 0.2) is 6.10 Å². The lowest BCUT2D eigenvalue weighted by atomic mass is 10.1. The quantitative estimate of drug-likeness (QED) is 0.944. The molecule has 2 aromatic rings. The zero-order valence-corrected chi connectivity index (χ0v) is 11.9. The van der Waals surface area contributed by atoms with Crippen molar-refractivity contribution in [3.63, 3.8) is 0 Å². The Labute approximate surface area is 127 Å². The van der Waals surface area contributed by atoms with E-state index in [9.17, 15) is 9.18 Å². The molecule has 4 nitrogen and oxygen atoms in total. The first-order valence-corrected chi connectivity index (χ1v) is 7.11. The van der Waals surface area contributed by atoms with Crippen LogP contribution >= 0.6 is 0 Å². The summed E-state index contributed by atoms with van der Waals surface area (Å²) in [6, 6.07) is 13.4. The number of hydrogen-bond donors (Lipinski definition) is 1. The van der Waals surface area contributed by atoms with Crippen LogP contribution in [0.3, 0.4) is 0 Å². The molecule has 5 heteroatoms. The topological polar surface area (TPSA) is 49.8 Å². The molecule has 0 aliphatic carbocycles. The average Bonchev–Trinajstić information content (AvgIpc) is 2.52. The number of aliphatic hydroxyl groups is 1. The highest BCUT2D eigenvalue weighted by molar-refractivity contribution is 5.99. The number of ether oxygens (including phenoxy) is 1. The van der Waals surface area contributed by atoms with Crippen LogP contribution in [-0.2, 0) is 11.3 Å². The van der Waals surface area contributed by atoms with Crippen molar-refractivity contribution in [2.45, 2.75) is 19.1 Å². The number of halogens is 1. The van der Waals surface area contributed by atoms with Crippen LogP contribution in [0.4, 0.5) is 10.1 Å². The summed E-state index contributed by atoms with van der Waals surface area (Å²) < 4.78 is 19.0. The number of nitrogens with zero attached hydrogens (tertiary/aromatic N) is 1. The second kappa shape index (κ2) is 6.15. The highest BCUT2D eigenvalue weighted by Gasteiger charge is 2.33. The monoisotopic (exact) mass is 301 g/mol. The van der Waals surface area contributed by atoms with E-state index in [2.05, 4.69) is 0 Å². The summed E-state index contributed by atoms with van der Waals surface area (Å²) in [6.45, 7) is 0.130. The SMILES string of the molecule is O=C1[C@@H](CCO)Oc2ccccc2N1Cc1cccc(F)c1. The summed E-state index contributed by atoms with van der Waals surface area (Å²) >= 11 is 0. The molecule has 1 N–H and O–H groups in total. The van der Waals surface area contributed by atoms with E-state index in [4.69, 9.17) is 9.84 Å². The number of benzene rings is 2. The lowest BCUT2D eigenvalue weighted by Crippen LogP contribution is -2.45. The molecule has 114 valence electrons. The molecule has 0 saturated carbocycles. The number of para-hydroxylation sites is 2. The zero-order valence-electron chi connectivity index (χ0n) is 11.9. The summed E-state index contributed by atoms with van der Waals surface area (Å²) in [5, 5.41) is 9.10. The van der Waals surface area contributed by atoms with Gasteiger partial charge in [-0.3, -0.25) is 4.79 Å². The van der Waals surface area contributed by atoms with Crippen molar-refractivity contribution in [1.29, 1.82) is 0 Å². The fourth-order valence-electron chi connectivity index (χ4n) is 2.56. The number of amides is 1. The lowest BCUT2D eigenvalue weighted by Gasteiger charge is -2.34. The van der Waals surface area contributed by atoms with Crippen molar-refractivity contribution in [2.24, 2.45) is 0 Å². The van der Waals surface area contributed by atoms with E-state index in [1.165, 1.54) is 12.1 Å². The lowest BCUT2D eigenvalue weighted by molar-refractivity contribution is -0.127. The van der Waals surface area contributed by atoms with Crippen molar-refractivity contribution in [3.8, 4) is 5.75 Å². The Kier molecular flexibility index (Phi) is 4.06. The molecule has 2 aromatic carbocycles. The fourth-order valence-corrected chi connectivity index (χ4v) is 2.56. The Hall–Kier alpha value is -2.40. The molecular formula is C17H16FNO3. The number of rotatable bonds is 4. The maximum absolute atomic E-state index is 13.4. The molecule has 0 radical (unpaired) electrons. The van der Waals surface area contributed by atoms with E-state index < -0.39 is 6.10 Å². The van der Waals surface area contributed by atoms with Crippen LogP contribution in [-0.4, -0.2) is 23.7 Å². The predicted octanol–water partition coefficient (Wildman–Crippen LogP) is 2.50. The number of carbonyl (C=O) groups is 1. The number of anilines is 1. The normalized spacial score (nSPS) is 17.1. The van der Waals surface area contributed by atoms with E-state index in [1.54, 1.807) is 29.2 Å². The Morgan fingerprint density at radius 2 is 2.00 bits per heavy atom. The van der Waals surface area contributed by atoms with Crippen molar-refractivity contribution >= 4 is 11.6 Å². The number of aliphatic hydroxyl groups excluding tert-OH is 1. The van der Waals surface area contributed by atoms with Crippen LogP contribution in [0.1, 0.15) is 12.0 Å². The summed E-state index contributed by atoms with van der Waals surface area (Å²) in [7, 11) is 0. The zero-order chi connectivity index (χ0) is 15.5. The molecule has 22 heavy (non-hydrogen) atoms. The van der Waals surface area contributed by atoms with Gasteiger partial charge in [-0.2, -0.15) is 0 Å². The first kappa shape index (κ1) is 14.5. The number of fused-ring (bicyclic) bond motifs is 1. The van der Waals surface area contributed by atoms with E-state index in [0.29, 0.717) is 17.0 Å². The highest BCUT2D eigenvalue weighted by atomic mass is 19.1. The van der Waals surface area contributed by atoms with Crippen molar-refractivity contribution < 1.29 is 19.0 Å². The molecule has 1 atom stereocenters. The molecular weight excluding hydrogens is 285 g/mol. The van der Waals surface area contributed by atoms with Crippen molar-refractivity contribution in [2.75, 3.05) is 11.5 Å². The minimum absolute atomic E-state index is 0.133. The first-order valence-electron chi connectivity index (χ1n) is 7.11. The van der Waals surface area contributed by atoms with Gasteiger partial charge in [0.2, 0.25) is 0 Å². The van der Waals surface area contributed by atoms with Gasteiger partial charge in [-0.1, -0.05) is 24.3 Å². The number of hydrogen-bond acceptors (Lipinski definition) is 3. The second-order valence-electron chi connectivity index (χ2n) is 5.14. The van der Waals surface area contributed by atoms with Gasteiger partial charge < -0.3 is 14.7 Å². The predicted molar refractivity (Wildman–Crippen MR) is 80.2 cm³/mol. The smallest absolute Gasteiger partial charge is 0.268 e. The van der Waals surface area contributed by atoms with Crippen LogP contribution in [0, 0.1) is 5.82 Å². The maximum atomic E-state index is 13.4. The third-order valence-electron chi connectivity index (χ3n) is 3.59. The molecule has 0 bridgehead atoms. The Bertz CT molecular complexity index is 689. The molecule has 1 heterocycles. The van der Waals surface area contributed by atoms with Gasteiger partial charge >= 0.3 is 0 Å². The standard InChI is InChI=1S/C17H16FNO3/c18-13-5-3-4-12(10-13)11-19-14-6-1-2-7-15(14)22-16(8-9-20)17(19)21/h1-7,10,16,20H,8-9,11H2/t16-/m1/s1. The van der Waals surface area contributed by atoms with Crippen LogP contribution in [0.2, 0.25) is 0 Å². The van der Waals surface area contributed by atoms with Crippen LogP contribution in [0.15, 0.2) is 48.5 Å². The van der Waals surface area contributed by atoms with Crippen molar-refractivity contribution in [1.82, 2.24) is 0 Å². The molecule has 0 fully saturated rings. The van der Waals surface area contributed by atoms with Crippen LogP contribution in [0.5, 0.6) is 5.75 Å². The van der Waals surface area contributed by atoms with Gasteiger partial charge in [0.1, 0.15) is 11.6 Å². The molecule has 0 saturated heterocycles. The van der Waals surface area contributed by atoms with Crippen LogP contribution in [0.25, 0.3) is 0 Å². The van der Waals surface area contributed by atoms with Gasteiger partial charge in [-0.15, -0.1) is 0 Å². The van der Waals surface area contributed by atoms with Gasteiger partial charge in [0.05, 0.1) is 12.2 Å². The number of carbonyl (C=O) groups excluding carboxylic acids is 1. The minimum Gasteiger partial charge on any atom is -0.478 e. The fraction of sp³-hybridized carbons (Fsp3) is 0.235. The Balaban J connectivity index is 1.94. The maximum Gasteiger partial charge on any atom is 0.268 e. The molecule has 0 unspecified atom stereocenters. The Morgan fingerprint density at radius 3 is 2.77 bits per heavy atom. The third-order valence-corrected chi connectivity index (χ3v) is 3.59. The second-order valence-corrected chi connectivity index (χ2v) is 5.14. The van der Waals surface area contributed by atoms with E-state index in [-0.39, 0.29) is 31.3 Å². The van der Waals surface area contributed by atoms with Crippen molar-refractivity contribution in [3.05, 3.63) is 59.9 Å².